The van der Waals surface area contributed by atoms with Crippen LogP contribution in [0, 0.1) is 5.41 Å². The minimum atomic E-state index is -0.252. The van der Waals surface area contributed by atoms with Gasteiger partial charge in [-0.15, -0.1) is 0 Å². The highest BCUT2D eigenvalue weighted by atomic mass is 16.6. The molecule has 6 rings (SSSR count). The summed E-state index contributed by atoms with van der Waals surface area (Å²) < 4.78 is 11.3. The number of carbonyl (C=O) groups is 1. The highest BCUT2D eigenvalue weighted by Crippen LogP contribution is 2.68. The predicted molar refractivity (Wildman–Crippen MR) is 98.4 cm³/mol. The summed E-state index contributed by atoms with van der Waals surface area (Å²) in [5, 5.41) is 13.5. The van der Waals surface area contributed by atoms with E-state index in [2.05, 4.69) is 17.1 Å². The maximum Gasteiger partial charge on any atom is 0.335 e. The van der Waals surface area contributed by atoms with Gasteiger partial charge in [-0.2, -0.15) is 0 Å². The zero-order chi connectivity index (χ0) is 18.6. The Morgan fingerprint density at radius 3 is 3.11 bits per heavy atom. The number of ether oxygens (including phenoxy) is 2. The van der Waals surface area contributed by atoms with E-state index in [1.165, 1.54) is 12.7 Å². The van der Waals surface area contributed by atoms with Gasteiger partial charge in [0.2, 0.25) is 0 Å². The molecule has 0 aromatic heterocycles. The molecule has 5 atom stereocenters. The second-order valence-electron chi connectivity index (χ2n) is 8.68. The zero-order valence-electron chi connectivity index (χ0n) is 15.6. The molecular formula is C21H24N2O4. The van der Waals surface area contributed by atoms with Crippen LogP contribution < -0.4 is 5.32 Å². The molecule has 1 aliphatic carbocycles. The fraction of sp³-hybridized carbons (Fsp3) is 0.571. The van der Waals surface area contributed by atoms with Crippen LogP contribution in [0.15, 0.2) is 29.5 Å². The molecule has 142 valence electrons. The lowest BCUT2D eigenvalue weighted by Crippen LogP contribution is -2.63. The molecular weight excluding hydrogens is 344 g/mol. The number of fused-ring (bicyclic) bond motifs is 3. The standard InChI is InChI=1S/C21H24N2O4/c1-3-20-9-12(18(25)26-2)16-21(13-5-4-11(24)8-14(13)22-16)6-7-23(19(20)21)10-15-17(20)27-15/h4-5,8,15,17,19,22,24H,3,6-7,9-10H2,1-2H3/t15-,17-,19-,20+,21+/m0/s1. The number of rotatable bonds is 2. The molecule has 4 aliphatic heterocycles. The molecule has 3 saturated heterocycles. The molecule has 4 heterocycles. The molecule has 1 aromatic carbocycles. The highest BCUT2D eigenvalue weighted by Gasteiger charge is 2.73. The predicted octanol–water partition coefficient (Wildman–Crippen LogP) is 2.14. The normalized spacial score (nSPS) is 40.6. The van der Waals surface area contributed by atoms with Crippen LogP contribution in [0.5, 0.6) is 5.75 Å². The quantitative estimate of drug-likeness (QED) is 0.615. The van der Waals surface area contributed by atoms with E-state index in [1.54, 1.807) is 12.1 Å². The van der Waals surface area contributed by atoms with Gasteiger partial charge in [0.1, 0.15) is 5.75 Å². The first-order valence-electron chi connectivity index (χ1n) is 9.87. The first kappa shape index (κ1) is 16.0. The average Bonchev–Trinajstić information content (AvgIpc) is 3.26. The summed E-state index contributed by atoms with van der Waals surface area (Å²) in [5.41, 5.74) is 3.53. The van der Waals surface area contributed by atoms with Crippen LogP contribution in [0.1, 0.15) is 31.7 Å². The Hall–Kier alpha value is -2.05. The van der Waals surface area contributed by atoms with Gasteiger partial charge in [0, 0.05) is 35.5 Å². The van der Waals surface area contributed by atoms with E-state index in [9.17, 15) is 9.90 Å². The Balaban J connectivity index is 1.66. The smallest absolute Gasteiger partial charge is 0.335 e. The van der Waals surface area contributed by atoms with Gasteiger partial charge >= 0.3 is 5.97 Å². The summed E-state index contributed by atoms with van der Waals surface area (Å²) in [6, 6.07) is 5.88. The van der Waals surface area contributed by atoms with E-state index < -0.39 is 0 Å². The van der Waals surface area contributed by atoms with Crippen molar-refractivity contribution >= 4 is 11.7 Å². The summed E-state index contributed by atoms with van der Waals surface area (Å²) >= 11 is 0. The number of methoxy groups -OCH3 is 1. The summed E-state index contributed by atoms with van der Waals surface area (Å²) in [5.74, 6) is -0.0104. The minimum Gasteiger partial charge on any atom is -0.508 e. The van der Waals surface area contributed by atoms with Gasteiger partial charge in [-0.3, -0.25) is 4.90 Å². The largest absolute Gasteiger partial charge is 0.508 e. The number of aromatic hydroxyl groups is 1. The number of nitrogens with one attached hydrogen (secondary N) is 1. The van der Waals surface area contributed by atoms with Crippen molar-refractivity contribution in [3.05, 3.63) is 35.0 Å². The number of hydrogen-bond donors (Lipinski definition) is 2. The number of piperidine rings is 1. The van der Waals surface area contributed by atoms with Crippen LogP contribution in [0.3, 0.4) is 0 Å². The molecule has 1 spiro atoms. The van der Waals surface area contributed by atoms with Crippen LogP contribution in [-0.4, -0.2) is 54.4 Å². The van der Waals surface area contributed by atoms with Crippen molar-refractivity contribution in [1.82, 2.24) is 4.90 Å². The molecule has 0 amide bonds. The Bertz CT molecular complexity index is 911. The minimum absolute atomic E-state index is 0.0758. The highest BCUT2D eigenvalue weighted by molar-refractivity contribution is 5.93. The maximum atomic E-state index is 12.8. The molecule has 0 radical (unpaired) electrons. The Labute approximate surface area is 158 Å². The average molecular weight is 368 g/mol. The number of epoxide rings is 1. The lowest BCUT2D eigenvalue weighted by molar-refractivity contribution is -0.137. The van der Waals surface area contributed by atoms with Crippen LogP contribution >= 0.6 is 0 Å². The number of hydrogen-bond acceptors (Lipinski definition) is 6. The first-order valence-corrected chi connectivity index (χ1v) is 9.87. The molecule has 6 nitrogen and oxygen atoms in total. The van der Waals surface area contributed by atoms with Gasteiger partial charge in [-0.05, 0) is 37.4 Å². The molecule has 0 unspecified atom stereocenters. The van der Waals surface area contributed by atoms with Gasteiger partial charge in [-0.25, -0.2) is 4.79 Å². The summed E-state index contributed by atoms with van der Waals surface area (Å²) in [7, 11) is 1.46. The van der Waals surface area contributed by atoms with Crippen LogP contribution in [0.4, 0.5) is 5.69 Å². The van der Waals surface area contributed by atoms with E-state index >= 15 is 0 Å². The van der Waals surface area contributed by atoms with Gasteiger partial charge in [0.15, 0.2) is 0 Å². The van der Waals surface area contributed by atoms with E-state index in [-0.39, 0.29) is 28.7 Å². The Kier molecular flexibility index (Phi) is 2.87. The van der Waals surface area contributed by atoms with E-state index in [4.69, 9.17) is 9.47 Å². The number of benzene rings is 1. The molecule has 0 saturated carbocycles. The summed E-state index contributed by atoms with van der Waals surface area (Å²) in [6.07, 6.45) is 3.15. The lowest BCUT2D eigenvalue weighted by Gasteiger charge is -2.54. The second-order valence-corrected chi connectivity index (χ2v) is 8.68. The van der Waals surface area contributed by atoms with E-state index in [1.807, 2.05) is 6.07 Å². The molecule has 3 fully saturated rings. The van der Waals surface area contributed by atoms with Crippen molar-refractivity contribution in [2.45, 2.75) is 49.9 Å². The van der Waals surface area contributed by atoms with Gasteiger partial charge in [0.25, 0.3) is 0 Å². The number of carbonyl (C=O) groups excluding carboxylic acids is 1. The number of anilines is 1. The molecule has 2 N–H and O–H groups in total. The fourth-order valence-electron chi connectivity index (χ4n) is 6.85. The monoisotopic (exact) mass is 368 g/mol. The second kappa shape index (κ2) is 4.86. The third-order valence-corrected chi connectivity index (χ3v) is 7.82. The Morgan fingerprint density at radius 1 is 1.48 bits per heavy atom. The topological polar surface area (TPSA) is 74.3 Å². The van der Waals surface area contributed by atoms with Crippen molar-refractivity contribution in [3.63, 3.8) is 0 Å². The molecule has 1 aromatic rings. The summed E-state index contributed by atoms with van der Waals surface area (Å²) in [4.78, 5) is 15.4. The van der Waals surface area contributed by atoms with Crippen molar-refractivity contribution in [2.75, 3.05) is 25.5 Å². The van der Waals surface area contributed by atoms with Crippen LogP contribution in [0.2, 0.25) is 0 Å². The van der Waals surface area contributed by atoms with Crippen molar-refractivity contribution < 1.29 is 19.4 Å². The summed E-state index contributed by atoms with van der Waals surface area (Å²) in [6.45, 7) is 4.21. The first-order chi connectivity index (χ1) is 13.0. The van der Waals surface area contributed by atoms with Crippen molar-refractivity contribution in [2.24, 2.45) is 5.41 Å². The van der Waals surface area contributed by atoms with Crippen molar-refractivity contribution in [1.29, 1.82) is 0 Å². The number of esters is 1. The zero-order valence-corrected chi connectivity index (χ0v) is 15.6. The van der Waals surface area contributed by atoms with Gasteiger partial charge < -0.3 is 19.9 Å². The molecule has 0 bridgehead atoms. The molecule has 27 heavy (non-hydrogen) atoms. The van der Waals surface area contributed by atoms with E-state index in [0.717, 1.165) is 42.9 Å². The van der Waals surface area contributed by atoms with Crippen LogP contribution in [-0.2, 0) is 19.7 Å². The molecule has 5 aliphatic rings. The third-order valence-electron chi connectivity index (χ3n) is 7.82. The third kappa shape index (κ3) is 1.68. The fourth-order valence-corrected chi connectivity index (χ4v) is 6.85. The lowest BCUT2D eigenvalue weighted by atomic mass is 9.53. The number of phenolic OH excluding ortho intramolecular Hbond substituents is 1. The SMILES string of the molecule is CC[C@@]12CC(C(=O)OC)=C3Nc4cc(O)ccc4[C@]34CCN(C[C@@H]3O[C@@H]31)[C@@H]24. The maximum absolute atomic E-state index is 12.8. The van der Waals surface area contributed by atoms with Gasteiger partial charge in [0.05, 0.1) is 30.3 Å². The number of nitrogens with zero attached hydrogens (tertiary/aromatic N) is 1. The number of phenols is 1. The Morgan fingerprint density at radius 2 is 2.33 bits per heavy atom. The van der Waals surface area contributed by atoms with Crippen molar-refractivity contribution in [3.8, 4) is 5.75 Å². The van der Waals surface area contributed by atoms with Crippen LogP contribution in [0.25, 0.3) is 0 Å². The molecule has 6 heteroatoms. The van der Waals surface area contributed by atoms with E-state index in [0.29, 0.717) is 18.6 Å². The van der Waals surface area contributed by atoms with Gasteiger partial charge in [-0.1, -0.05) is 13.0 Å².